The van der Waals surface area contributed by atoms with Gasteiger partial charge in [0.1, 0.15) is 0 Å². The minimum Gasteiger partial charge on any atom is -0.379 e. The molecule has 1 heterocycles. The van der Waals surface area contributed by atoms with Crippen LogP contribution in [0.5, 0.6) is 0 Å². The molecule has 0 saturated carbocycles. The van der Waals surface area contributed by atoms with E-state index in [1.54, 1.807) is 24.3 Å². The molecule has 0 atom stereocenters. The summed E-state index contributed by atoms with van der Waals surface area (Å²) in [6, 6.07) is 10.9. The number of carbonyl (C=O) groups excluding carboxylic acids is 1. The lowest BCUT2D eigenvalue weighted by Crippen LogP contribution is -2.40. The molecular weight excluding hydrogens is 409 g/mol. The van der Waals surface area contributed by atoms with Crippen LogP contribution in [0, 0.1) is 0 Å². The Labute approximate surface area is 168 Å². The Balaban J connectivity index is 1.74. The number of hydrogen-bond acceptors (Lipinski definition) is 4. The Hall–Kier alpha value is -1.70. The van der Waals surface area contributed by atoms with Gasteiger partial charge >= 0.3 is 0 Å². The monoisotopic (exact) mass is 425 g/mol. The van der Waals surface area contributed by atoms with Crippen molar-refractivity contribution in [2.45, 2.75) is 4.90 Å². The highest BCUT2D eigenvalue weighted by atomic mass is 35.5. The SMILES string of the molecule is O=C(C=Cc1ccc(Cl)cc1Cl)c1ccc(S(=O)(=O)N2CCOCC2)cc1. The molecule has 1 aliphatic rings. The topological polar surface area (TPSA) is 63.7 Å². The Bertz CT molecular complexity index is 966. The fraction of sp³-hybridized carbons (Fsp3) is 0.211. The summed E-state index contributed by atoms with van der Waals surface area (Å²) in [5.41, 5.74) is 1.05. The first-order chi connectivity index (χ1) is 12.9. The van der Waals surface area contributed by atoms with E-state index in [1.165, 1.54) is 34.6 Å². The van der Waals surface area contributed by atoms with Crippen LogP contribution in [0.4, 0.5) is 0 Å². The molecule has 1 aliphatic heterocycles. The smallest absolute Gasteiger partial charge is 0.243 e. The van der Waals surface area contributed by atoms with Crippen molar-refractivity contribution in [2.75, 3.05) is 26.3 Å². The fourth-order valence-electron chi connectivity index (χ4n) is 2.63. The third kappa shape index (κ3) is 4.78. The van der Waals surface area contributed by atoms with Gasteiger partial charge in [-0.3, -0.25) is 4.79 Å². The van der Waals surface area contributed by atoms with Crippen LogP contribution in [0.15, 0.2) is 53.4 Å². The lowest BCUT2D eigenvalue weighted by Gasteiger charge is -2.26. The van der Waals surface area contributed by atoms with Crippen molar-refractivity contribution in [3.8, 4) is 0 Å². The van der Waals surface area contributed by atoms with Crippen LogP contribution in [-0.2, 0) is 14.8 Å². The number of sulfonamides is 1. The van der Waals surface area contributed by atoms with Crippen molar-refractivity contribution in [3.63, 3.8) is 0 Å². The molecule has 3 rings (SSSR count). The normalized spacial score (nSPS) is 15.9. The molecule has 0 aliphatic carbocycles. The lowest BCUT2D eigenvalue weighted by molar-refractivity contribution is 0.0730. The van der Waals surface area contributed by atoms with E-state index in [2.05, 4.69) is 0 Å². The van der Waals surface area contributed by atoms with E-state index < -0.39 is 10.0 Å². The average molecular weight is 426 g/mol. The number of carbonyl (C=O) groups is 1. The minimum atomic E-state index is -3.58. The first-order valence-corrected chi connectivity index (χ1v) is 10.4. The first kappa shape index (κ1) is 20.0. The van der Waals surface area contributed by atoms with E-state index in [0.29, 0.717) is 47.5 Å². The standard InChI is InChI=1S/C19H17Cl2NO4S/c20-16-5-1-14(18(21)13-16)4-8-19(23)15-2-6-17(7-3-15)27(24,25)22-9-11-26-12-10-22/h1-8,13H,9-12H2. The maximum absolute atomic E-state index is 12.6. The van der Waals surface area contributed by atoms with Crippen molar-refractivity contribution in [2.24, 2.45) is 0 Å². The minimum absolute atomic E-state index is 0.158. The van der Waals surface area contributed by atoms with Gasteiger partial charge in [-0.25, -0.2) is 8.42 Å². The number of allylic oxidation sites excluding steroid dienone is 1. The number of ketones is 1. The molecule has 5 nitrogen and oxygen atoms in total. The molecule has 1 saturated heterocycles. The highest BCUT2D eigenvalue weighted by Gasteiger charge is 2.26. The van der Waals surface area contributed by atoms with Gasteiger partial charge in [0.05, 0.1) is 18.1 Å². The number of halogens is 2. The summed E-state index contributed by atoms with van der Waals surface area (Å²) in [6.45, 7) is 1.42. The second kappa shape index (κ2) is 8.54. The Kier molecular flexibility index (Phi) is 6.34. The van der Waals surface area contributed by atoms with Crippen LogP contribution in [0.1, 0.15) is 15.9 Å². The van der Waals surface area contributed by atoms with E-state index >= 15 is 0 Å². The molecule has 1 fully saturated rings. The highest BCUT2D eigenvalue weighted by Crippen LogP contribution is 2.22. The second-order valence-electron chi connectivity index (χ2n) is 5.90. The molecular formula is C19H17Cl2NO4S. The number of hydrogen-bond donors (Lipinski definition) is 0. The number of benzene rings is 2. The maximum atomic E-state index is 12.6. The lowest BCUT2D eigenvalue weighted by atomic mass is 10.1. The summed E-state index contributed by atoms with van der Waals surface area (Å²) in [7, 11) is -3.58. The van der Waals surface area contributed by atoms with E-state index in [1.807, 2.05) is 0 Å². The van der Waals surface area contributed by atoms with Gasteiger partial charge in [0.2, 0.25) is 10.0 Å². The van der Waals surface area contributed by atoms with Gasteiger partial charge in [-0.1, -0.05) is 29.3 Å². The zero-order chi connectivity index (χ0) is 19.4. The van der Waals surface area contributed by atoms with Gasteiger partial charge in [0.25, 0.3) is 0 Å². The molecule has 0 bridgehead atoms. The first-order valence-electron chi connectivity index (χ1n) is 8.23. The summed E-state index contributed by atoms with van der Waals surface area (Å²) in [5.74, 6) is -0.253. The third-order valence-corrected chi connectivity index (χ3v) is 6.60. The summed E-state index contributed by atoms with van der Waals surface area (Å²) >= 11 is 11.9. The molecule has 142 valence electrons. The van der Waals surface area contributed by atoms with Crippen LogP contribution in [0.3, 0.4) is 0 Å². The average Bonchev–Trinajstić information content (AvgIpc) is 2.68. The Morgan fingerprint density at radius 2 is 1.70 bits per heavy atom. The van der Waals surface area contributed by atoms with Crippen molar-refractivity contribution < 1.29 is 17.9 Å². The van der Waals surface area contributed by atoms with Crippen LogP contribution >= 0.6 is 23.2 Å². The van der Waals surface area contributed by atoms with Crippen LogP contribution in [-0.4, -0.2) is 44.8 Å². The van der Waals surface area contributed by atoms with E-state index in [0.717, 1.165) is 0 Å². The molecule has 0 aromatic heterocycles. The zero-order valence-electron chi connectivity index (χ0n) is 14.3. The van der Waals surface area contributed by atoms with Crippen LogP contribution < -0.4 is 0 Å². The predicted molar refractivity (Wildman–Crippen MR) is 106 cm³/mol. The van der Waals surface area contributed by atoms with Gasteiger partial charge in [-0.2, -0.15) is 4.31 Å². The predicted octanol–water partition coefficient (Wildman–Crippen LogP) is 3.91. The van der Waals surface area contributed by atoms with E-state index in [-0.39, 0.29) is 10.7 Å². The fourth-order valence-corrected chi connectivity index (χ4v) is 4.51. The molecule has 2 aromatic rings. The van der Waals surface area contributed by atoms with E-state index in [4.69, 9.17) is 27.9 Å². The van der Waals surface area contributed by atoms with Gasteiger partial charge in [-0.05, 0) is 54.1 Å². The molecule has 0 radical (unpaired) electrons. The van der Waals surface area contributed by atoms with Gasteiger partial charge in [-0.15, -0.1) is 0 Å². The molecule has 0 N–H and O–H groups in total. The van der Waals surface area contributed by atoms with Crippen molar-refractivity contribution in [3.05, 3.63) is 69.7 Å². The highest BCUT2D eigenvalue weighted by molar-refractivity contribution is 7.89. The van der Waals surface area contributed by atoms with Crippen LogP contribution in [0.25, 0.3) is 6.08 Å². The van der Waals surface area contributed by atoms with Gasteiger partial charge in [0.15, 0.2) is 5.78 Å². The second-order valence-corrected chi connectivity index (χ2v) is 8.69. The molecule has 0 amide bonds. The summed E-state index contributed by atoms with van der Waals surface area (Å²) in [4.78, 5) is 12.5. The van der Waals surface area contributed by atoms with Gasteiger partial charge < -0.3 is 4.74 Å². The molecule has 27 heavy (non-hydrogen) atoms. The third-order valence-electron chi connectivity index (χ3n) is 4.12. The van der Waals surface area contributed by atoms with Crippen LogP contribution in [0.2, 0.25) is 10.0 Å². The number of rotatable bonds is 5. The van der Waals surface area contributed by atoms with Gasteiger partial charge in [0, 0.05) is 28.7 Å². The zero-order valence-corrected chi connectivity index (χ0v) is 16.6. The summed E-state index contributed by atoms with van der Waals surface area (Å²) < 4.78 is 31.7. The number of nitrogens with zero attached hydrogens (tertiary/aromatic N) is 1. The maximum Gasteiger partial charge on any atom is 0.243 e. The number of morpholine rings is 1. The summed E-state index contributed by atoms with van der Waals surface area (Å²) in [5, 5.41) is 0.957. The van der Waals surface area contributed by atoms with Crippen molar-refractivity contribution >= 4 is 45.1 Å². The Morgan fingerprint density at radius 3 is 2.33 bits per heavy atom. The molecule has 0 spiro atoms. The van der Waals surface area contributed by atoms with E-state index in [9.17, 15) is 13.2 Å². The number of ether oxygens (including phenoxy) is 1. The Morgan fingerprint density at radius 1 is 1.04 bits per heavy atom. The summed E-state index contributed by atoms with van der Waals surface area (Å²) in [6.07, 6.45) is 2.99. The van der Waals surface area contributed by atoms with Crippen molar-refractivity contribution in [1.29, 1.82) is 0 Å². The van der Waals surface area contributed by atoms with Crippen molar-refractivity contribution in [1.82, 2.24) is 4.31 Å². The molecule has 8 heteroatoms. The largest absolute Gasteiger partial charge is 0.379 e. The molecule has 0 unspecified atom stereocenters. The molecule has 2 aromatic carbocycles. The quantitative estimate of drug-likeness (QED) is 0.537.